The molecule has 0 saturated carbocycles. The Morgan fingerprint density at radius 3 is 2.62 bits per heavy atom. The van der Waals surface area contributed by atoms with Crippen LogP contribution in [-0.4, -0.2) is 21.1 Å². The molecule has 0 aliphatic heterocycles. The Kier molecular flexibility index (Phi) is 6.76. The molecule has 37 heavy (non-hydrogen) atoms. The van der Waals surface area contributed by atoms with Gasteiger partial charge >= 0.3 is 0 Å². The van der Waals surface area contributed by atoms with Crippen molar-refractivity contribution < 1.29 is 18.7 Å². The number of phenolic OH excluding ortho intramolecular Hbond substituents is 1. The van der Waals surface area contributed by atoms with Crippen LogP contribution in [0.2, 0.25) is 5.02 Å². The molecule has 0 atom stereocenters. The average Bonchev–Trinajstić information content (AvgIpc) is 3.50. The maximum atomic E-state index is 12.3. The van der Waals surface area contributed by atoms with Crippen molar-refractivity contribution in [3.05, 3.63) is 95.2 Å². The summed E-state index contributed by atoms with van der Waals surface area (Å²) in [5, 5.41) is 16.7. The van der Waals surface area contributed by atoms with E-state index in [1.54, 1.807) is 36.4 Å². The number of amides is 1. The molecule has 0 aliphatic carbocycles. The van der Waals surface area contributed by atoms with Gasteiger partial charge in [-0.25, -0.2) is 4.98 Å². The van der Waals surface area contributed by atoms with Crippen LogP contribution in [0.25, 0.3) is 40.0 Å². The van der Waals surface area contributed by atoms with Crippen molar-refractivity contribution in [2.45, 2.75) is 6.92 Å². The van der Waals surface area contributed by atoms with Gasteiger partial charge in [-0.05, 0) is 91.4 Å². The van der Waals surface area contributed by atoms with E-state index in [-0.39, 0.29) is 10.9 Å². The third kappa shape index (κ3) is 5.72. The van der Waals surface area contributed by atoms with Crippen LogP contribution < -0.4 is 10.6 Å². The molecule has 3 N–H and O–H groups in total. The Bertz CT molecular complexity index is 1650. The standard InChI is InChI=1S/C28H20ClN3O4S/c1-16-2-11-22-25(14-16)36-27(31-22)21-10-7-19(15-23(21)33)30-28(37)32-26(34)13-9-20-8-12-24(35-20)17-3-5-18(29)6-4-17/h2-15,33H,1H3,(H2,30,32,34,37). The molecule has 5 aromatic rings. The quantitative estimate of drug-likeness (QED) is 0.167. The second kappa shape index (κ2) is 10.3. The van der Waals surface area contributed by atoms with Gasteiger partial charge in [0.05, 0.1) is 5.56 Å². The number of phenols is 1. The van der Waals surface area contributed by atoms with E-state index in [1.165, 1.54) is 12.1 Å². The van der Waals surface area contributed by atoms with Crippen molar-refractivity contribution in [3.63, 3.8) is 0 Å². The van der Waals surface area contributed by atoms with Gasteiger partial charge in [0.2, 0.25) is 11.8 Å². The number of oxazole rings is 1. The van der Waals surface area contributed by atoms with Crippen molar-refractivity contribution in [1.82, 2.24) is 10.3 Å². The maximum absolute atomic E-state index is 12.3. The third-order valence-electron chi connectivity index (χ3n) is 5.42. The van der Waals surface area contributed by atoms with Gasteiger partial charge < -0.3 is 19.3 Å². The predicted octanol–water partition coefficient (Wildman–Crippen LogP) is 6.95. The number of fused-ring (bicyclic) bond motifs is 1. The van der Waals surface area contributed by atoms with Crippen LogP contribution in [0.4, 0.5) is 5.69 Å². The van der Waals surface area contributed by atoms with E-state index in [1.807, 2.05) is 43.3 Å². The number of thiocarbonyl (C=S) groups is 1. The first-order valence-corrected chi connectivity index (χ1v) is 12.0. The van der Waals surface area contributed by atoms with E-state index in [0.29, 0.717) is 44.8 Å². The fraction of sp³-hybridized carbons (Fsp3) is 0.0357. The Balaban J connectivity index is 1.19. The van der Waals surface area contributed by atoms with Crippen LogP contribution in [0.1, 0.15) is 11.3 Å². The van der Waals surface area contributed by atoms with Crippen LogP contribution in [0, 0.1) is 6.92 Å². The molecule has 184 valence electrons. The van der Waals surface area contributed by atoms with Gasteiger partial charge in [-0.1, -0.05) is 17.7 Å². The number of carbonyl (C=O) groups excluding carboxylic acids is 1. The van der Waals surface area contributed by atoms with E-state index in [4.69, 9.17) is 32.7 Å². The molecule has 1 amide bonds. The summed E-state index contributed by atoms with van der Waals surface area (Å²) in [7, 11) is 0. The van der Waals surface area contributed by atoms with E-state index < -0.39 is 5.91 Å². The van der Waals surface area contributed by atoms with Gasteiger partial charge in [0, 0.05) is 28.4 Å². The lowest BCUT2D eigenvalue weighted by Gasteiger charge is -2.09. The number of carbonyl (C=O) groups is 1. The number of hydrogen-bond donors (Lipinski definition) is 3. The Labute approximate surface area is 222 Å². The molecule has 0 unspecified atom stereocenters. The summed E-state index contributed by atoms with van der Waals surface area (Å²) >= 11 is 11.1. The molecule has 7 nitrogen and oxygen atoms in total. The van der Waals surface area contributed by atoms with Crippen LogP contribution in [0.3, 0.4) is 0 Å². The molecule has 0 bridgehead atoms. The summed E-state index contributed by atoms with van der Waals surface area (Å²) in [5.41, 5.74) is 4.20. The zero-order valence-corrected chi connectivity index (χ0v) is 21.1. The second-order valence-electron chi connectivity index (χ2n) is 8.21. The average molecular weight is 530 g/mol. The highest BCUT2D eigenvalue weighted by atomic mass is 35.5. The topological polar surface area (TPSA) is 101 Å². The molecule has 5 rings (SSSR count). The second-order valence-corrected chi connectivity index (χ2v) is 9.05. The molecule has 2 heterocycles. The molecule has 0 aliphatic rings. The summed E-state index contributed by atoms with van der Waals surface area (Å²) < 4.78 is 11.5. The van der Waals surface area contributed by atoms with Gasteiger partial charge in [-0.15, -0.1) is 0 Å². The minimum Gasteiger partial charge on any atom is -0.507 e. The summed E-state index contributed by atoms with van der Waals surface area (Å²) in [6.45, 7) is 1.97. The van der Waals surface area contributed by atoms with Gasteiger partial charge in [-0.2, -0.15) is 0 Å². The van der Waals surface area contributed by atoms with Gasteiger partial charge in [-0.3, -0.25) is 10.1 Å². The molecular formula is C28H20ClN3O4S. The zero-order chi connectivity index (χ0) is 25.9. The predicted molar refractivity (Wildman–Crippen MR) is 148 cm³/mol. The van der Waals surface area contributed by atoms with Crippen molar-refractivity contribution in [2.75, 3.05) is 5.32 Å². The molecule has 0 fully saturated rings. The largest absolute Gasteiger partial charge is 0.507 e. The smallest absolute Gasteiger partial charge is 0.250 e. The van der Waals surface area contributed by atoms with Crippen LogP contribution in [-0.2, 0) is 4.79 Å². The van der Waals surface area contributed by atoms with E-state index in [9.17, 15) is 9.90 Å². The van der Waals surface area contributed by atoms with Crippen molar-refractivity contribution in [3.8, 4) is 28.5 Å². The number of anilines is 1. The van der Waals surface area contributed by atoms with Gasteiger partial charge in [0.1, 0.15) is 22.8 Å². The van der Waals surface area contributed by atoms with E-state index in [0.717, 1.165) is 11.1 Å². The number of aromatic hydroxyl groups is 1. The fourth-order valence-electron chi connectivity index (χ4n) is 3.62. The number of halogens is 1. The normalized spacial score (nSPS) is 11.2. The molecule has 0 saturated heterocycles. The lowest BCUT2D eigenvalue weighted by molar-refractivity contribution is -0.115. The minimum absolute atomic E-state index is 0.0448. The number of aryl methyl sites for hydroxylation is 1. The monoisotopic (exact) mass is 529 g/mol. The Morgan fingerprint density at radius 1 is 1.03 bits per heavy atom. The molecular weight excluding hydrogens is 510 g/mol. The SMILES string of the molecule is Cc1ccc2nc(-c3ccc(NC(=S)NC(=O)C=Cc4ccc(-c5ccc(Cl)cc5)o4)cc3O)oc2c1. The summed E-state index contributed by atoms with van der Waals surface area (Å²) in [6.07, 6.45) is 2.85. The molecule has 2 aromatic heterocycles. The first kappa shape index (κ1) is 24.3. The number of nitrogens with zero attached hydrogens (tertiary/aromatic N) is 1. The highest BCUT2D eigenvalue weighted by Gasteiger charge is 2.14. The fourth-order valence-corrected chi connectivity index (χ4v) is 3.97. The Hall–Kier alpha value is -4.40. The first-order chi connectivity index (χ1) is 17.8. The van der Waals surface area contributed by atoms with Crippen molar-refractivity contribution >= 4 is 57.7 Å². The van der Waals surface area contributed by atoms with Gasteiger partial charge in [0.15, 0.2) is 10.7 Å². The lowest BCUT2D eigenvalue weighted by Crippen LogP contribution is -2.32. The number of hydrogen-bond acceptors (Lipinski definition) is 6. The summed E-state index contributed by atoms with van der Waals surface area (Å²) in [6, 6.07) is 21.4. The van der Waals surface area contributed by atoms with Crippen molar-refractivity contribution in [1.29, 1.82) is 0 Å². The molecule has 3 aromatic carbocycles. The maximum Gasteiger partial charge on any atom is 0.250 e. The molecule has 0 radical (unpaired) electrons. The minimum atomic E-state index is -0.440. The summed E-state index contributed by atoms with van der Waals surface area (Å²) in [4.78, 5) is 16.7. The summed E-state index contributed by atoms with van der Waals surface area (Å²) in [5.74, 6) is 0.989. The van der Waals surface area contributed by atoms with Crippen LogP contribution >= 0.6 is 23.8 Å². The Morgan fingerprint density at radius 2 is 1.84 bits per heavy atom. The highest BCUT2D eigenvalue weighted by molar-refractivity contribution is 7.80. The highest BCUT2D eigenvalue weighted by Crippen LogP contribution is 2.33. The lowest BCUT2D eigenvalue weighted by atomic mass is 10.2. The van der Waals surface area contributed by atoms with Crippen LogP contribution in [0.15, 0.2) is 87.7 Å². The first-order valence-electron chi connectivity index (χ1n) is 11.2. The molecule has 0 spiro atoms. The third-order valence-corrected chi connectivity index (χ3v) is 5.88. The number of nitrogens with one attached hydrogen (secondary N) is 2. The van der Waals surface area contributed by atoms with Crippen molar-refractivity contribution in [2.24, 2.45) is 0 Å². The zero-order valence-electron chi connectivity index (χ0n) is 19.5. The number of furan rings is 1. The number of benzene rings is 3. The van der Waals surface area contributed by atoms with Crippen LogP contribution in [0.5, 0.6) is 5.75 Å². The van der Waals surface area contributed by atoms with Gasteiger partial charge in [0.25, 0.3) is 0 Å². The van der Waals surface area contributed by atoms with E-state index in [2.05, 4.69) is 15.6 Å². The molecule has 9 heteroatoms. The van der Waals surface area contributed by atoms with E-state index >= 15 is 0 Å². The number of rotatable bonds is 5. The number of aromatic nitrogens is 1.